The highest BCUT2D eigenvalue weighted by molar-refractivity contribution is 5.98. The standard InChI is InChI=1S/C13H13F2NO/c14-7-1-3-11(15)9(5-7)13(17)10-6-8-2-4-12(10)16-8/h1,3,5,8,10,12,16H,2,4,6H2. The summed E-state index contributed by atoms with van der Waals surface area (Å²) in [7, 11) is 0. The Morgan fingerprint density at radius 3 is 2.76 bits per heavy atom. The Morgan fingerprint density at radius 1 is 1.29 bits per heavy atom. The van der Waals surface area contributed by atoms with Gasteiger partial charge in [-0.15, -0.1) is 0 Å². The molecule has 2 saturated heterocycles. The van der Waals surface area contributed by atoms with Gasteiger partial charge in [0, 0.05) is 18.0 Å². The van der Waals surface area contributed by atoms with E-state index in [0.717, 1.165) is 37.5 Å². The third-order valence-electron chi connectivity index (χ3n) is 3.83. The van der Waals surface area contributed by atoms with Gasteiger partial charge in [0.25, 0.3) is 0 Å². The number of halogens is 2. The maximum absolute atomic E-state index is 13.5. The number of fused-ring (bicyclic) bond motifs is 2. The average molecular weight is 237 g/mol. The molecule has 3 rings (SSSR count). The van der Waals surface area contributed by atoms with Gasteiger partial charge in [0.05, 0.1) is 5.56 Å². The van der Waals surface area contributed by atoms with Crippen molar-refractivity contribution in [1.82, 2.24) is 5.32 Å². The molecular weight excluding hydrogens is 224 g/mol. The molecule has 2 aliphatic heterocycles. The molecule has 2 fully saturated rings. The van der Waals surface area contributed by atoms with Crippen LogP contribution >= 0.6 is 0 Å². The van der Waals surface area contributed by atoms with Crippen molar-refractivity contribution in [3.63, 3.8) is 0 Å². The fraction of sp³-hybridized carbons (Fsp3) is 0.462. The van der Waals surface area contributed by atoms with Crippen molar-refractivity contribution >= 4 is 5.78 Å². The summed E-state index contributed by atoms with van der Waals surface area (Å²) < 4.78 is 26.6. The van der Waals surface area contributed by atoms with Crippen molar-refractivity contribution in [3.8, 4) is 0 Å². The van der Waals surface area contributed by atoms with Gasteiger partial charge in [0.1, 0.15) is 11.6 Å². The van der Waals surface area contributed by atoms with E-state index < -0.39 is 11.6 Å². The lowest BCUT2D eigenvalue weighted by Crippen LogP contribution is -2.29. The number of hydrogen-bond acceptors (Lipinski definition) is 2. The molecule has 1 aromatic carbocycles. The quantitative estimate of drug-likeness (QED) is 0.799. The van der Waals surface area contributed by atoms with Crippen LogP contribution in [0.15, 0.2) is 18.2 Å². The lowest BCUT2D eigenvalue weighted by atomic mass is 9.83. The van der Waals surface area contributed by atoms with Crippen LogP contribution in [-0.2, 0) is 0 Å². The summed E-state index contributed by atoms with van der Waals surface area (Å²) in [5, 5.41) is 3.33. The minimum absolute atomic E-state index is 0.107. The smallest absolute Gasteiger partial charge is 0.170 e. The first-order valence-corrected chi connectivity index (χ1v) is 5.90. The van der Waals surface area contributed by atoms with E-state index in [1.807, 2.05) is 0 Å². The summed E-state index contributed by atoms with van der Waals surface area (Å²) in [6, 6.07) is 3.58. The Balaban J connectivity index is 1.89. The van der Waals surface area contributed by atoms with E-state index >= 15 is 0 Å². The largest absolute Gasteiger partial charge is 0.310 e. The van der Waals surface area contributed by atoms with Crippen LogP contribution in [0.1, 0.15) is 29.6 Å². The minimum Gasteiger partial charge on any atom is -0.310 e. The van der Waals surface area contributed by atoms with Crippen LogP contribution in [0.5, 0.6) is 0 Å². The van der Waals surface area contributed by atoms with Crippen LogP contribution in [0.3, 0.4) is 0 Å². The molecule has 3 unspecified atom stereocenters. The zero-order chi connectivity index (χ0) is 12.0. The molecule has 90 valence electrons. The molecule has 3 atom stereocenters. The molecule has 0 aliphatic carbocycles. The van der Waals surface area contributed by atoms with E-state index in [0.29, 0.717) is 6.04 Å². The van der Waals surface area contributed by atoms with E-state index in [4.69, 9.17) is 0 Å². The van der Waals surface area contributed by atoms with Crippen LogP contribution < -0.4 is 5.32 Å². The van der Waals surface area contributed by atoms with Crippen molar-refractivity contribution in [1.29, 1.82) is 0 Å². The summed E-state index contributed by atoms with van der Waals surface area (Å²) in [4.78, 5) is 12.2. The Labute approximate surface area is 98.0 Å². The molecule has 0 saturated carbocycles. The second-order valence-corrected chi connectivity index (χ2v) is 4.88. The van der Waals surface area contributed by atoms with Gasteiger partial charge in [-0.3, -0.25) is 4.79 Å². The maximum Gasteiger partial charge on any atom is 0.170 e. The van der Waals surface area contributed by atoms with Crippen molar-refractivity contribution in [2.75, 3.05) is 0 Å². The van der Waals surface area contributed by atoms with Crippen molar-refractivity contribution in [2.24, 2.45) is 5.92 Å². The number of nitrogens with one attached hydrogen (secondary N) is 1. The van der Waals surface area contributed by atoms with Crippen LogP contribution in [0.4, 0.5) is 8.78 Å². The van der Waals surface area contributed by atoms with Gasteiger partial charge in [-0.05, 0) is 37.5 Å². The number of ketones is 1. The number of carbonyl (C=O) groups is 1. The summed E-state index contributed by atoms with van der Waals surface area (Å²) in [6.07, 6.45) is 2.79. The summed E-state index contributed by atoms with van der Waals surface area (Å²) >= 11 is 0. The zero-order valence-electron chi connectivity index (χ0n) is 9.25. The summed E-state index contributed by atoms with van der Waals surface area (Å²) in [5.41, 5.74) is -0.107. The first-order valence-electron chi connectivity index (χ1n) is 5.90. The van der Waals surface area contributed by atoms with E-state index in [1.54, 1.807) is 0 Å². The first-order chi connectivity index (χ1) is 8.15. The molecular formula is C13H13F2NO. The lowest BCUT2D eigenvalue weighted by molar-refractivity contribution is 0.0896. The number of hydrogen-bond donors (Lipinski definition) is 1. The highest BCUT2D eigenvalue weighted by Gasteiger charge is 2.43. The third-order valence-corrected chi connectivity index (χ3v) is 3.83. The van der Waals surface area contributed by atoms with Gasteiger partial charge in [-0.25, -0.2) is 8.78 Å². The Bertz CT molecular complexity index is 474. The van der Waals surface area contributed by atoms with Gasteiger partial charge in [0.2, 0.25) is 0 Å². The summed E-state index contributed by atoms with van der Waals surface area (Å²) in [5.74, 6) is -1.64. The molecule has 2 heterocycles. The Morgan fingerprint density at radius 2 is 2.12 bits per heavy atom. The van der Waals surface area contributed by atoms with Crippen molar-refractivity contribution < 1.29 is 13.6 Å². The summed E-state index contributed by atoms with van der Waals surface area (Å²) in [6.45, 7) is 0. The highest BCUT2D eigenvalue weighted by atomic mass is 19.1. The highest BCUT2D eigenvalue weighted by Crippen LogP contribution is 2.35. The normalized spacial score (nSPS) is 30.8. The molecule has 2 aliphatic rings. The predicted molar refractivity (Wildman–Crippen MR) is 58.7 cm³/mol. The molecule has 0 aromatic heterocycles. The van der Waals surface area contributed by atoms with E-state index in [2.05, 4.69) is 5.32 Å². The van der Waals surface area contributed by atoms with Gasteiger partial charge in [-0.2, -0.15) is 0 Å². The molecule has 1 aromatic rings. The fourth-order valence-corrected chi connectivity index (χ4v) is 3.00. The number of Topliss-reactive ketones (excluding diaryl/α,β-unsaturated/α-hetero) is 1. The second-order valence-electron chi connectivity index (χ2n) is 4.88. The monoisotopic (exact) mass is 237 g/mol. The Hall–Kier alpha value is -1.29. The van der Waals surface area contributed by atoms with E-state index in [1.165, 1.54) is 0 Å². The van der Waals surface area contributed by atoms with Crippen LogP contribution in [0.25, 0.3) is 0 Å². The first kappa shape index (κ1) is 10.8. The third kappa shape index (κ3) is 1.76. The maximum atomic E-state index is 13.5. The molecule has 2 nitrogen and oxygen atoms in total. The van der Waals surface area contributed by atoms with Crippen molar-refractivity contribution in [2.45, 2.75) is 31.3 Å². The Kier molecular flexibility index (Phi) is 2.47. The number of benzene rings is 1. The molecule has 0 spiro atoms. The molecule has 0 amide bonds. The van der Waals surface area contributed by atoms with Gasteiger partial charge < -0.3 is 5.32 Å². The molecule has 0 radical (unpaired) electrons. The van der Waals surface area contributed by atoms with Gasteiger partial charge in [0.15, 0.2) is 5.78 Å². The van der Waals surface area contributed by atoms with E-state index in [-0.39, 0.29) is 23.3 Å². The number of carbonyl (C=O) groups excluding carboxylic acids is 1. The van der Waals surface area contributed by atoms with E-state index in [9.17, 15) is 13.6 Å². The van der Waals surface area contributed by atoms with Crippen molar-refractivity contribution in [3.05, 3.63) is 35.4 Å². The topological polar surface area (TPSA) is 29.1 Å². The zero-order valence-corrected chi connectivity index (χ0v) is 9.25. The predicted octanol–water partition coefficient (Wildman–Crippen LogP) is 2.29. The molecule has 4 heteroatoms. The van der Waals surface area contributed by atoms with Crippen LogP contribution in [0.2, 0.25) is 0 Å². The number of rotatable bonds is 2. The van der Waals surface area contributed by atoms with Crippen LogP contribution in [0, 0.1) is 17.6 Å². The average Bonchev–Trinajstić information content (AvgIpc) is 2.93. The van der Waals surface area contributed by atoms with Crippen LogP contribution in [-0.4, -0.2) is 17.9 Å². The van der Waals surface area contributed by atoms with Gasteiger partial charge in [-0.1, -0.05) is 0 Å². The molecule has 2 bridgehead atoms. The van der Waals surface area contributed by atoms with Gasteiger partial charge >= 0.3 is 0 Å². The SMILES string of the molecule is O=C(c1cc(F)ccc1F)C1CC2CCC1N2. The second kappa shape index (κ2) is 3.88. The minimum atomic E-state index is -0.626. The lowest BCUT2D eigenvalue weighted by Gasteiger charge is -2.18. The molecule has 1 N–H and O–H groups in total. The molecule has 17 heavy (non-hydrogen) atoms. The fourth-order valence-electron chi connectivity index (χ4n) is 3.00.